The van der Waals surface area contributed by atoms with E-state index in [1.165, 1.54) is 24.5 Å². The third-order valence-corrected chi connectivity index (χ3v) is 6.25. The molecule has 1 aliphatic carbocycles. The number of ether oxygens (including phenoxy) is 1. The van der Waals surface area contributed by atoms with Crippen LogP contribution in [0.2, 0.25) is 0 Å². The topological polar surface area (TPSA) is 105 Å². The molecule has 1 aliphatic rings. The fraction of sp³-hybridized carbons (Fsp3) is 0.350. The number of hydrogen-bond acceptors (Lipinski definition) is 7. The summed E-state index contributed by atoms with van der Waals surface area (Å²) in [6, 6.07) is 4.10. The Morgan fingerprint density at radius 3 is 2.86 bits per heavy atom. The minimum Gasteiger partial charge on any atom is -0.485 e. The van der Waals surface area contributed by atoms with Crippen LogP contribution in [0, 0.1) is 12.7 Å². The highest BCUT2D eigenvalue weighted by molar-refractivity contribution is 7.20. The molecule has 0 saturated heterocycles. The second-order valence-corrected chi connectivity index (χ2v) is 8.04. The third-order valence-electron chi connectivity index (χ3n) is 5.06. The number of fused-ring (bicyclic) bond motifs is 1. The first-order chi connectivity index (χ1) is 13.9. The Bertz CT molecular complexity index is 1070. The molecule has 0 aliphatic heterocycles. The molecule has 3 aromatic rings. The SMILES string of the molecule is Cc1c(C(=O)O)sc2ncnc(Nc3ccc(F)cc3O[C@@H]3CCCC[C@@H]3O)c12. The first-order valence-electron chi connectivity index (χ1n) is 9.32. The van der Waals surface area contributed by atoms with Gasteiger partial charge in [-0.1, -0.05) is 6.42 Å². The Labute approximate surface area is 170 Å². The van der Waals surface area contributed by atoms with Crippen LogP contribution in [0.1, 0.15) is 40.9 Å². The Kier molecular flexibility index (Phi) is 5.33. The lowest BCUT2D eigenvalue weighted by Gasteiger charge is -2.29. The number of carbonyl (C=O) groups is 1. The number of hydrogen-bond donors (Lipinski definition) is 3. The molecule has 1 aromatic carbocycles. The number of rotatable bonds is 5. The lowest BCUT2D eigenvalue weighted by Crippen LogP contribution is -2.34. The molecule has 152 valence electrons. The first-order valence-corrected chi connectivity index (χ1v) is 10.1. The van der Waals surface area contributed by atoms with Gasteiger partial charge in [0.1, 0.15) is 39.5 Å². The highest BCUT2D eigenvalue weighted by atomic mass is 32.1. The number of carboxylic acids is 1. The maximum Gasteiger partial charge on any atom is 0.346 e. The van der Waals surface area contributed by atoms with Gasteiger partial charge in [0, 0.05) is 6.07 Å². The number of aromatic carboxylic acids is 1. The molecule has 2 aromatic heterocycles. The van der Waals surface area contributed by atoms with E-state index in [-0.39, 0.29) is 10.6 Å². The minimum absolute atomic E-state index is 0.199. The Balaban J connectivity index is 1.70. The van der Waals surface area contributed by atoms with E-state index in [2.05, 4.69) is 15.3 Å². The van der Waals surface area contributed by atoms with Gasteiger partial charge < -0.3 is 20.3 Å². The smallest absolute Gasteiger partial charge is 0.346 e. The predicted octanol–water partition coefficient (Wildman–Crippen LogP) is 4.26. The van der Waals surface area contributed by atoms with Gasteiger partial charge in [-0.05, 0) is 43.9 Å². The normalized spacial score (nSPS) is 19.3. The van der Waals surface area contributed by atoms with Crippen LogP contribution in [0.15, 0.2) is 24.5 Å². The molecule has 0 radical (unpaired) electrons. The van der Waals surface area contributed by atoms with Gasteiger partial charge in [-0.3, -0.25) is 0 Å². The zero-order chi connectivity index (χ0) is 20.5. The molecule has 0 bridgehead atoms. The molecule has 3 N–H and O–H groups in total. The fourth-order valence-electron chi connectivity index (χ4n) is 3.57. The molecule has 0 spiro atoms. The number of aliphatic hydroxyl groups is 1. The summed E-state index contributed by atoms with van der Waals surface area (Å²) in [6.45, 7) is 1.71. The summed E-state index contributed by atoms with van der Waals surface area (Å²) in [6.07, 6.45) is 3.58. The van der Waals surface area contributed by atoms with Gasteiger partial charge in [0.2, 0.25) is 0 Å². The van der Waals surface area contributed by atoms with Crippen molar-refractivity contribution in [3.05, 3.63) is 40.8 Å². The maximum atomic E-state index is 13.9. The Morgan fingerprint density at radius 2 is 2.10 bits per heavy atom. The molecule has 0 unspecified atom stereocenters. The average molecular weight is 417 g/mol. The van der Waals surface area contributed by atoms with Crippen molar-refractivity contribution >= 4 is 39.0 Å². The molecule has 1 saturated carbocycles. The first kappa shape index (κ1) is 19.5. The van der Waals surface area contributed by atoms with Gasteiger partial charge in [0.25, 0.3) is 0 Å². The van der Waals surface area contributed by atoms with Crippen molar-refractivity contribution in [1.29, 1.82) is 0 Å². The molecule has 0 amide bonds. The van der Waals surface area contributed by atoms with Gasteiger partial charge in [0.15, 0.2) is 0 Å². The number of benzene rings is 1. The third kappa shape index (κ3) is 3.88. The molecule has 1 fully saturated rings. The lowest BCUT2D eigenvalue weighted by atomic mass is 9.95. The minimum atomic E-state index is -1.02. The number of nitrogens with one attached hydrogen (secondary N) is 1. The number of nitrogens with zero attached hydrogens (tertiary/aromatic N) is 2. The number of aromatic nitrogens is 2. The number of halogens is 1. The van der Waals surface area contributed by atoms with Crippen molar-refractivity contribution in [3.8, 4) is 5.75 Å². The lowest BCUT2D eigenvalue weighted by molar-refractivity contribution is 0.00712. The maximum absolute atomic E-state index is 13.9. The summed E-state index contributed by atoms with van der Waals surface area (Å²) < 4.78 is 19.8. The van der Waals surface area contributed by atoms with Crippen molar-refractivity contribution in [1.82, 2.24) is 9.97 Å². The number of thiophene rings is 1. The van der Waals surface area contributed by atoms with Crippen molar-refractivity contribution in [3.63, 3.8) is 0 Å². The number of aliphatic hydroxyl groups excluding tert-OH is 1. The van der Waals surface area contributed by atoms with Crippen LogP contribution in [0.3, 0.4) is 0 Å². The van der Waals surface area contributed by atoms with E-state index in [0.29, 0.717) is 40.1 Å². The average Bonchev–Trinajstić information content (AvgIpc) is 3.04. The molecule has 9 heteroatoms. The molecule has 29 heavy (non-hydrogen) atoms. The van der Waals surface area contributed by atoms with Crippen LogP contribution < -0.4 is 10.1 Å². The summed E-state index contributed by atoms with van der Waals surface area (Å²) in [5, 5.41) is 23.3. The van der Waals surface area contributed by atoms with E-state index in [4.69, 9.17) is 4.74 Å². The van der Waals surface area contributed by atoms with Crippen LogP contribution in [0.4, 0.5) is 15.9 Å². The fourth-order valence-corrected chi connectivity index (χ4v) is 4.56. The molecule has 2 heterocycles. The predicted molar refractivity (Wildman–Crippen MR) is 108 cm³/mol. The van der Waals surface area contributed by atoms with Gasteiger partial charge in [-0.2, -0.15) is 0 Å². The van der Waals surface area contributed by atoms with E-state index in [1.807, 2.05) is 0 Å². The molecular formula is C20H20FN3O4S. The summed E-state index contributed by atoms with van der Waals surface area (Å²) in [5.74, 6) is -0.789. The second kappa shape index (κ2) is 7.92. The van der Waals surface area contributed by atoms with Crippen LogP contribution in [-0.2, 0) is 0 Å². The molecule has 2 atom stereocenters. The second-order valence-electron chi connectivity index (χ2n) is 7.04. The van der Waals surface area contributed by atoms with Crippen molar-refractivity contribution in [2.45, 2.75) is 44.8 Å². The zero-order valence-electron chi connectivity index (χ0n) is 15.7. The van der Waals surface area contributed by atoms with Gasteiger partial charge in [-0.25, -0.2) is 19.2 Å². The standard InChI is InChI=1S/C20H20FN3O4S/c1-10-16-18(22-9-23-19(16)29-17(10)20(26)27)24-12-7-6-11(21)8-15(12)28-14-5-3-2-4-13(14)25/h6-9,13-14,25H,2-5H2,1H3,(H,26,27)(H,22,23,24)/t13-,14+/m0/s1. The van der Waals surface area contributed by atoms with Crippen LogP contribution in [-0.4, -0.2) is 38.4 Å². The summed E-state index contributed by atoms with van der Waals surface area (Å²) in [7, 11) is 0. The number of carboxylic acid groups (broad SMARTS) is 1. The van der Waals surface area contributed by atoms with Crippen LogP contribution in [0.25, 0.3) is 10.2 Å². The van der Waals surface area contributed by atoms with Gasteiger partial charge in [0.05, 0.1) is 17.2 Å². The van der Waals surface area contributed by atoms with E-state index in [9.17, 15) is 19.4 Å². The highest BCUT2D eigenvalue weighted by Crippen LogP contribution is 2.37. The highest BCUT2D eigenvalue weighted by Gasteiger charge is 2.26. The van der Waals surface area contributed by atoms with Crippen molar-refractivity contribution in [2.75, 3.05) is 5.32 Å². The number of aryl methyl sites for hydroxylation is 1. The van der Waals surface area contributed by atoms with Crippen LogP contribution in [0.5, 0.6) is 5.75 Å². The van der Waals surface area contributed by atoms with Gasteiger partial charge in [-0.15, -0.1) is 11.3 Å². The Morgan fingerprint density at radius 1 is 1.31 bits per heavy atom. The molecule has 7 nitrogen and oxygen atoms in total. The summed E-state index contributed by atoms with van der Waals surface area (Å²) in [4.78, 5) is 20.6. The van der Waals surface area contributed by atoms with E-state index < -0.39 is 24.0 Å². The van der Waals surface area contributed by atoms with Crippen molar-refractivity contribution in [2.24, 2.45) is 0 Å². The van der Waals surface area contributed by atoms with Gasteiger partial charge >= 0.3 is 5.97 Å². The largest absolute Gasteiger partial charge is 0.485 e. The van der Waals surface area contributed by atoms with E-state index in [1.54, 1.807) is 6.92 Å². The zero-order valence-corrected chi connectivity index (χ0v) is 16.5. The van der Waals surface area contributed by atoms with E-state index >= 15 is 0 Å². The number of anilines is 2. The quantitative estimate of drug-likeness (QED) is 0.570. The van der Waals surface area contributed by atoms with E-state index in [0.717, 1.165) is 24.2 Å². The summed E-state index contributed by atoms with van der Waals surface area (Å²) >= 11 is 1.08. The Hall–Kier alpha value is -2.78. The summed E-state index contributed by atoms with van der Waals surface area (Å²) in [5.41, 5.74) is 1.04. The monoisotopic (exact) mass is 417 g/mol. The molecule has 4 rings (SSSR count). The van der Waals surface area contributed by atoms with Crippen LogP contribution >= 0.6 is 11.3 Å². The molecular weight excluding hydrogens is 397 g/mol. The van der Waals surface area contributed by atoms with Crippen molar-refractivity contribution < 1.29 is 24.1 Å².